The van der Waals surface area contributed by atoms with Crippen molar-refractivity contribution in [2.24, 2.45) is 0 Å². The molecule has 0 spiro atoms. The zero-order valence-corrected chi connectivity index (χ0v) is 16.1. The lowest BCUT2D eigenvalue weighted by Crippen LogP contribution is -2.60. The number of hydrogen-bond acceptors (Lipinski definition) is 9. The molecule has 1 fully saturated rings. The van der Waals surface area contributed by atoms with E-state index in [9.17, 15) is 20.4 Å². The smallest absolute Gasteiger partial charge is 0.229 e. The monoisotopic (exact) mass is 414 g/mol. The summed E-state index contributed by atoms with van der Waals surface area (Å²) in [4.78, 5) is 4.25. The van der Waals surface area contributed by atoms with Gasteiger partial charge in [0.1, 0.15) is 35.9 Å². The van der Waals surface area contributed by atoms with E-state index >= 15 is 0 Å². The van der Waals surface area contributed by atoms with Crippen molar-refractivity contribution in [1.82, 2.24) is 20.0 Å². The van der Waals surface area contributed by atoms with Crippen molar-refractivity contribution in [3.05, 3.63) is 54.4 Å². The fourth-order valence-corrected chi connectivity index (χ4v) is 3.22. The third-order valence-electron chi connectivity index (χ3n) is 4.94. The molecule has 0 amide bonds. The summed E-state index contributed by atoms with van der Waals surface area (Å²) in [7, 11) is 0. The van der Waals surface area contributed by atoms with Crippen LogP contribution in [0.15, 0.2) is 48.8 Å². The van der Waals surface area contributed by atoms with Gasteiger partial charge < -0.3 is 29.9 Å². The molecule has 1 aliphatic heterocycles. The summed E-state index contributed by atoms with van der Waals surface area (Å²) < 4.78 is 12.7. The Morgan fingerprint density at radius 3 is 2.60 bits per heavy atom. The van der Waals surface area contributed by atoms with Gasteiger partial charge in [0.05, 0.1) is 24.2 Å². The minimum Gasteiger partial charge on any atom is -0.462 e. The van der Waals surface area contributed by atoms with Crippen molar-refractivity contribution < 1.29 is 29.9 Å². The third kappa shape index (κ3) is 3.91. The highest BCUT2D eigenvalue weighted by Gasteiger charge is 2.44. The fourth-order valence-electron chi connectivity index (χ4n) is 3.22. The highest BCUT2D eigenvalue weighted by Crippen LogP contribution is 2.28. The number of aryl methyl sites for hydroxylation is 1. The summed E-state index contributed by atoms with van der Waals surface area (Å²) in [5.41, 5.74) is 2.81. The number of ether oxygens (including phenoxy) is 2. The molecule has 0 aliphatic carbocycles. The van der Waals surface area contributed by atoms with Crippen molar-refractivity contribution in [3.8, 4) is 22.8 Å². The summed E-state index contributed by atoms with van der Waals surface area (Å²) in [5.74, 6) is 0.410. The molecule has 3 heterocycles. The van der Waals surface area contributed by atoms with Gasteiger partial charge in [0.25, 0.3) is 0 Å². The van der Waals surface area contributed by atoms with E-state index in [0.29, 0.717) is 17.1 Å². The number of hydrogen-bond donors (Lipinski definition) is 4. The van der Waals surface area contributed by atoms with Crippen molar-refractivity contribution in [2.45, 2.75) is 37.6 Å². The second-order valence-corrected chi connectivity index (χ2v) is 7.03. The molecule has 2 aromatic heterocycles. The topological polar surface area (TPSA) is 143 Å². The number of aromatic nitrogens is 4. The average Bonchev–Trinajstić information content (AvgIpc) is 3.26. The van der Waals surface area contributed by atoms with Crippen molar-refractivity contribution in [2.75, 3.05) is 6.61 Å². The molecule has 0 bridgehead atoms. The average molecular weight is 414 g/mol. The second-order valence-electron chi connectivity index (χ2n) is 7.03. The van der Waals surface area contributed by atoms with E-state index in [1.807, 2.05) is 24.3 Å². The second kappa shape index (κ2) is 8.46. The Hall–Kier alpha value is -2.89. The minimum absolute atomic E-state index is 0.410. The molecule has 1 aliphatic rings. The molecule has 5 atom stereocenters. The van der Waals surface area contributed by atoms with Crippen LogP contribution in [-0.4, -0.2) is 77.7 Å². The van der Waals surface area contributed by atoms with Crippen LogP contribution >= 0.6 is 0 Å². The molecule has 30 heavy (non-hydrogen) atoms. The molecule has 10 nitrogen and oxygen atoms in total. The Labute approximate surface area is 172 Å². The zero-order valence-electron chi connectivity index (χ0n) is 16.1. The quantitative estimate of drug-likeness (QED) is 0.447. The van der Waals surface area contributed by atoms with E-state index in [1.165, 1.54) is 0 Å². The first-order chi connectivity index (χ1) is 14.5. The Morgan fingerprint density at radius 2 is 1.90 bits per heavy atom. The predicted octanol–water partition coefficient (Wildman–Crippen LogP) is -0.184. The van der Waals surface area contributed by atoms with E-state index in [-0.39, 0.29) is 0 Å². The van der Waals surface area contributed by atoms with Crippen LogP contribution in [0, 0.1) is 6.92 Å². The van der Waals surface area contributed by atoms with E-state index in [1.54, 1.807) is 36.1 Å². The first-order valence-corrected chi connectivity index (χ1v) is 9.40. The van der Waals surface area contributed by atoms with E-state index in [4.69, 9.17) is 9.47 Å². The van der Waals surface area contributed by atoms with Gasteiger partial charge in [0, 0.05) is 6.20 Å². The lowest BCUT2D eigenvalue weighted by Gasteiger charge is -2.39. The standard InChI is InChI=1S/C20H22N4O6/c1-11-8-12(24-9-14(22-23-24)13-4-2-3-7-21-13)5-6-15(11)29-20-19(28)18(27)17(26)16(10-25)30-20/h2-9,16-20,25-28H,10H2,1H3/t16-,17?,18?,19?,20?/m1/s1. The summed E-state index contributed by atoms with van der Waals surface area (Å²) in [6.07, 6.45) is -3.24. The summed E-state index contributed by atoms with van der Waals surface area (Å²) in [5, 5.41) is 47.5. The molecular formula is C20H22N4O6. The van der Waals surface area contributed by atoms with Crippen molar-refractivity contribution >= 4 is 0 Å². The molecule has 1 aromatic carbocycles. The molecule has 10 heteroatoms. The molecular weight excluding hydrogens is 392 g/mol. The van der Waals surface area contributed by atoms with Gasteiger partial charge in [0.15, 0.2) is 0 Å². The third-order valence-corrected chi connectivity index (χ3v) is 4.94. The van der Waals surface area contributed by atoms with Gasteiger partial charge in [-0.25, -0.2) is 4.68 Å². The normalized spacial score (nSPS) is 26.5. The number of pyridine rings is 1. The maximum Gasteiger partial charge on any atom is 0.229 e. The molecule has 158 valence electrons. The predicted molar refractivity (Wildman–Crippen MR) is 104 cm³/mol. The van der Waals surface area contributed by atoms with Crippen LogP contribution in [0.3, 0.4) is 0 Å². The van der Waals surface area contributed by atoms with E-state index < -0.39 is 37.3 Å². The molecule has 0 saturated carbocycles. The summed E-state index contributed by atoms with van der Waals surface area (Å²) in [6.45, 7) is 1.28. The Morgan fingerprint density at radius 1 is 1.07 bits per heavy atom. The lowest BCUT2D eigenvalue weighted by molar-refractivity contribution is -0.277. The maximum absolute atomic E-state index is 10.1. The van der Waals surface area contributed by atoms with Gasteiger partial charge in [-0.1, -0.05) is 11.3 Å². The SMILES string of the molecule is Cc1cc(-n2cc(-c3ccccn3)nn2)ccc1OC1O[C@H](CO)C(O)C(O)C1O. The molecule has 1 saturated heterocycles. The fraction of sp³-hybridized carbons (Fsp3) is 0.350. The Balaban J connectivity index is 1.52. The first-order valence-electron chi connectivity index (χ1n) is 9.40. The Kier molecular flexibility index (Phi) is 5.75. The van der Waals surface area contributed by atoms with Crippen molar-refractivity contribution in [3.63, 3.8) is 0 Å². The molecule has 4 unspecified atom stereocenters. The lowest BCUT2D eigenvalue weighted by atomic mass is 9.99. The van der Waals surface area contributed by atoms with Crippen molar-refractivity contribution in [1.29, 1.82) is 0 Å². The van der Waals surface area contributed by atoms with Gasteiger partial charge in [-0.2, -0.15) is 0 Å². The van der Waals surface area contributed by atoms with E-state index in [0.717, 1.165) is 11.3 Å². The van der Waals surface area contributed by atoms with Crippen LogP contribution in [0.25, 0.3) is 17.1 Å². The number of aliphatic hydroxyl groups is 4. The van der Waals surface area contributed by atoms with E-state index in [2.05, 4.69) is 15.3 Å². The number of nitrogens with zero attached hydrogens (tertiary/aromatic N) is 4. The van der Waals surface area contributed by atoms with Gasteiger partial charge in [-0.3, -0.25) is 4.98 Å². The number of benzene rings is 1. The van der Waals surface area contributed by atoms with Crippen LogP contribution in [0.2, 0.25) is 0 Å². The van der Waals surface area contributed by atoms with Gasteiger partial charge >= 0.3 is 0 Å². The number of aliphatic hydroxyl groups excluding tert-OH is 4. The highest BCUT2D eigenvalue weighted by molar-refractivity contribution is 5.53. The largest absolute Gasteiger partial charge is 0.462 e. The summed E-state index contributed by atoms with van der Waals surface area (Å²) in [6, 6.07) is 10.8. The van der Waals surface area contributed by atoms with Gasteiger partial charge in [0.2, 0.25) is 6.29 Å². The molecule has 3 aromatic rings. The van der Waals surface area contributed by atoms with Gasteiger partial charge in [-0.05, 0) is 42.8 Å². The van der Waals surface area contributed by atoms with Crippen LogP contribution < -0.4 is 4.74 Å². The first kappa shape index (κ1) is 20.4. The molecule has 4 N–H and O–H groups in total. The van der Waals surface area contributed by atoms with Crippen LogP contribution in [0.4, 0.5) is 0 Å². The Bertz CT molecular complexity index is 996. The minimum atomic E-state index is -1.50. The zero-order chi connectivity index (χ0) is 21.3. The highest BCUT2D eigenvalue weighted by atomic mass is 16.7. The van der Waals surface area contributed by atoms with Crippen LogP contribution in [0.1, 0.15) is 5.56 Å². The summed E-state index contributed by atoms with van der Waals surface area (Å²) >= 11 is 0. The van der Waals surface area contributed by atoms with Crippen LogP contribution in [-0.2, 0) is 4.74 Å². The maximum atomic E-state index is 10.1. The number of rotatable bonds is 5. The molecule has 4 rings (SSSR count). The van der Waals surface area contributed by atoms with Gasteiger partial charge in [-0.15, -0.1) is 5.10 Å². The van der Waals surface area contributed by atoms with Crippen LogP contribution in [0.5, 0.6) is 5.75 Å². The molecule has 0 radical (unpaired) electrons.